The van der Waals surface area contributed by atoms with Crippen LogP contribution in [-0.4, -0.2) is 36.6 Å². The van der Waals surface area contributed by atoms with Gasteiger partial charge in [-0.1, -0.05) is 25.7 Å². The Kier molecular flexibility index (Phi) is 7.31. The van der Waals surface area contributed by atoms with Crippen molar-refractivity contribution in [3.63, 3.8) is 0 Å². The molecular weight excluding hydrogens is 222 g/mol. The lowest BCUT2D eigenvalue weighted by atomic mass is 10.1. The highest BCUT2D eigenvalue weighted by Crippen LogP contribution is 2.21. The Morgan fingerprint density at radius 3 is 2.33 bits per heavy atom. The highest BCUT2D eigenvalue weighted by molar-refractivity contribution is 4.91. The van der Waals surface area contributed by atoms with E-state index in [9.17, 15) is 0 Å². The van der Waals surface area contributed by atoms with Gasteiger partial charge in [0.2, 0.25) is 0 Å². The van der Waals surface area contributed by atoms with E-state index in [4.69, 9.17) is 5.26 Å². The molecule has 0 saturated heterocycles. The largest absolute Gasteiger partial charge is 0.303 e. The summed E-state index contributed by atoms with van der Waals surface area (Å²) >= 11 is 0. The molecule has 0 amide bonds. The Bertz CT molecular complexity index is 249. The second-order valence-electron chi connectivity index (χ2n) is 5.92. The first kappa shape index (κ1) is 15.5. The van der Waals surface area contributed by atoms with Gasteiger partial charge in [-0.3, -0.25) is 5.32 Å². The summed E-state index contributed by atoms with van der Waals surface area (Å²) in [5.74, 6) is 0. The van der Waals surface area contributed by atoms with E-state index in [1.165, 1.54) is 38.5 Å². The number of nitrogens with one attached hydrogen (secondary N) is 1. The topological polar surface area (TPSA) is 39.1 Å². The maximum absolute atomic E-state index is 9.11. The maximum Gasteiger partial charge on any atom is 0.0967 e. The SMILES string of the molecule is CC(C)NC(C#N)CCN(C)C1CCCCCC1. The Labute approximate surface area is 113 Å². The lowest BCUT2D eigenvalue weighted by Gasteiger charge is -2.28. The first-order valence-corrected chi connectivity index (χ1v) is 7.49. The van der Waals surface area contributed by atoms with Crippen molar-refractivity contribution in [2.24, 2.45) is 0 Å². The highest BCUT2D eigenvalue weighted by atomic mass is 15.1. The molecule has 1 aliphatic rings. The van der Waals surface area contributed by atoms with Crippen molar-refractivity contribution < 1.29 is 0 Å². The van der Waals surface area contributed by atoms with Crippen LogP contribution in [0, 0.1) is 11.3 Å². The molecule has 0 heterocycles. The van der Waals surface area contributed by atoms with E-state index >= 15 is 0 Å². The predicted octanol–water partition coefficient (Wildman–Crippen LogP) is 2.92. The van der Waals surface area contributed by atoms with E-state index in [0.29, 0.717) is 6.04 Å². The van der Waals surface area contributed by atoms with E-state index in [1.54, 1.807) is 0 Å². The molecule has 0 bridgehead atoms. The second-order valence-corrected chi connectivity index (χ2v) is 5.92. The fourth-order valence-corrected chi connectivity index (χ4v) is 2.80. The fourth-order valence-electron chi connectivity index (χ4n) is 2.80. The summed E-state index contributed by atoms with van der Waals surface area (Å²) in [6.45, 7) is 5.22. The maximum atomic E-state index is 9.11. The van der Waals surface area contributed by atoms with Gasteiger partial charge in [-0.2, -0.15) is 5.26 Å². The summed E-state index contributed by atoms with van der Waals surface area (Å²) in [6, 6.07) is 3.49. The number of hydrogen-bond donors (Lipinski definition) is 1. The van der Waals surface area contributed by atoms with Crippen LogP contribution in [0.25, 0.3) is 0 Å². The van der Waals surface area contributed by atoms with Gasteiger partial charge in [-0.25, -0.2) is 0 Å². The molecule has 1 N–H and O–H groups in total. The first-order valence-electron chi connectivity index (χ1n) is 7.49. The van der Waals surface area contributed by atoms with Crippen LogP contribution in [0.15, 0.2) is 0 Å². The Hall–Kier alpha value is -0.590. The summed E-state index contributed by atoms with van der Waals surface area (Å²) in [5.41, 5.74) is 0. The van der Waals surface area contributed by atoms with Crippen LogP contribution in [0.2, 0.25) is 0 Å². The molecule has 0 radical (unpaired) electrons. The summed E-state index contributed by atoms with van der Waals surface area (Å²) in [6.07, 6.45) is 9.17. The Morgan fingerprint density at radius 2 is 1.83 bits per heavy atom. The van der Waals surface area contributed by atoms with Gasteiger partial charge in [0.25, 0.3) is 0 Å². The summed E-state index contributed by atoms with van der Waals surface area (Å²) in [7, 11) is 2.22. The highest BCUT2D eigenvalue weighted by Gasteiger charge is 2.18. The molecule has 18 heavy (non-hydrogen) atoms. The Balaban J connectivity index is 2.29. The summed E-state index contributed by atoms with van der Waals surface area (Å²) in [5, 5.41) is 12.4. The first-order chi connectivity index (χ1) is 8.63. The van der Waals surface area contributed by atoms with Crippen LogP contribution in [0.3, 0.4) is 0 Å². The molecule has 1 atom stereocenters. The zero-order chi connectivity index (χ0) is 13.4. The molecule has 1 fully saturated rings. The molecule has 104 valence electrons. The van der Waals surface area contributed by atoms with Crippen molar-refractivity contribution in [2.75, 3.05) is 13.6 Å². The van der Waals surface area contributed by atoms with Gasteiger partial charge in [-0.05, 0) is 40.2 Å². The van der Waals surface area contributed by atoms with Crippen LogP contribution < -0.4 is 5.32 Å². The van der Waals surface area contributed by atoms with E-state index in [-0.39, 0.29) is 6.04 Å². The van der Waals surface area contributed by atoms with Crippen molar-refractivity contribution in [1.29, 1.82) is 5.26 Å². The minimum absolute atomic E-state index is 0.00164. The molecule has 1 saturated carbocycles. The molecule has 1 rings (SSSR count). The molecule has 1 aliphatic carbocycles. The third-order valence-electron chi connectivity index (χ3n) is 3.91. The quantitative estimate of drug-likeness (QED) is 0.738. The van der Waals surface area contributed by atoms with E-state index in [1.807, 2.05) is 0 Å². The number of rotatable bonds is 6. The van der Waals surface area contributed by atoms with E-state index in [0.717, 1.165) is 19.0 Å². The van der Waals surface area contributed by atoms with Gasteiger partial charge < -0.3 is 4.90 Å². The predicted molar refractivity (Wildman–Crippen MR) is 76.4 cm³/mol. The monoisotopic (exact) mass is 251 g/mol. The van der Waals surface area contributed by atoms with Crippen molar-refractivity contribution in [3.05, 3.63) is 0 Å². The molecule has 0 aromatic rings. The molecule has 0 aliphatic heterocycles. The third kappa shape index (κ3) is 5.84. The molecule has 3 nitrogen and oxygen atoms in total. The average molecular weight is 251 g/mol. The van der Waals surface area contributed by atoms with Gasteiger partial charge in [0.15, 0.2) is 0 Å². The third-order valence-corrected chi connectivity index (χ3v) is 3.91. The number of nitrogens with zero attached hydrogens (tertiary/aromatic N) is 2. The lowest BCUT2D eigenvalue weighted by Crippen LogP contribution is -2.39. The average Bonchev–Trinajstić information content (AvgIpc) is 2.62. The van der Waals surface area contributed by atoms with Gasteiger partial charge in [-0.15, -0.1) is 0 Å². The fraction of sp³-hybridized carbons (Fsp3) is 0.933. The summed E-state index contributed by atoms with van der Waals surface area (Å²) < 4.78 is 0. The molecule has 0 spiro atoms. The molecule has 0 aromatic heterocycles. The van der Waals surface area contributed by atoms with Gasteiger partial charge in [0.1, 0.15) is 0 Å². The Morgan fingerprint density at radius 1 is 1.22 bits per heavy atom. The smallest absolute Gasteiger partial charge is 0.0967 e. The number of nitriles is 1. The standard InChI is InChI=1S/C15H29N3/c1-13(2)17-14(12-16)10-11-18(3)15-8-6-4-5-7-9-15/h13-15,17H,4-11H2,1-3H3. The number of hydrogen-bond acceptors (Lipinski definition) is 3. The second kappa shape index (κ2) is 8.50. The normalized spacial score (nSPS) is 19.8. The van der Waals surface area contributed by atoms with Crippen LogP contribution in [0.5, 0.6) is 0 Å². The van der Waals surface area contributed by atoms with Gasteiger partial charge in [0, 0.05) is 18.6 Å². The van der Waals surface area contributed by atoms with E-state index < -0.39 is 0 Å². The van der Waals surface area contributed by atoms with E-state index in [2.05, 4.69) is 37.2 Å². The zero-order valence-electron chi connectivity index (χ0n) is 12.3. The molecule has 3 heteroatoms. The molecule has 1 unspecified atom stereocenters. The summed E-state index contributed by atoms with van der Waals surface area (Å²) in [4.78, 5) is 2.47. The van der Waals surface area contributed by atoms with Gasteiger partial charge >= 0.3 is 0 Å². The van der Waals surface area contributed by atoms with Crippen LogP contribution >= 0.6 is 0 Å². The molecule has 0 aromatic carbocycles. The molecular formula is C15H29N3. The minimum Gasteiger partial charge on any atom is -0.303 e. The zero-order valence-corrected chi connectivity index (χ0v) is 12.3. The van der Waals surface area contributed by atoms with Crippen molar-refractivity contribution >= 4 is 0 Å². The van der Waals surface area contributed by atoms with Crippen molar-refractivity contribution in [3.8, 4) is 6.07 Å². The van der Waals surface area contributed by atoms with Crippen molar-refractivity contribution in [1.82, 2.24) is 10.2 Å². The minimum atomic E-state index is -0.00164. The lowest BCUT2D eigenvalue weighted by molar-refractivity contribution is 0.213. The van der Waals surface area contributed by atoms with Gasteiger partial charge in [0.05, 0.1) is 12.1 Å². The van der Waals surface area contributed by atoms with Crippen LogP contribution in [-0.2, 0) is 0 Å². The van der Waals surface area contributed by atoms with Crippen LogP contribution in [0.1, 0.15) is 58.8 Å². The van der Waals surface area contributed by atoms with Crippen LogP contribution in [0.4, 0.5) is 0 Å². The van der Waals surface area contributed by atoms with Crippen molar-refractivity contribution in [2.45, 2.75) is 76.9 Å².